The van der Waals surface area contributed by atoms with Crippen molar-refractivity contribution in [3.63, 3.8) is 0 Å². The lowest BCUT2D eigenvalue weighted by molar-refractivity contribution is -0.125. The van der Waals surface area contributed by atoms with E-state index in [0.29, 0.717) is 33.0 Å². The lowest BCUT2D eigenvalue weighted by Crippen LogP contribution is -2.37. The highest BCUT2D eigenvalue weighted by molar-refractivity contribution is 7.41. The maximum Gasteiger partial charge on any atom is 0.333 e. The van der Waals surface area contributed by atoms with Crippen molar-refractivity contribution in [1.82, 2.24) is 5.32 Å². The zero-order valence-electron chi connectivity index (χ0n) is 20.2. The highest BCUT2D eigenvalue weighted by Crippen LogP contribution is 2.43. The smallest absolute Gasteiger partial charge is 0.333 e. The van der Waals surface area contributed by atoms with Gasteiger partial charge in [-0.2, -0.15) is 0 Å². The Kier molecular flexibility index (Phi) is 13.8. The van der Waals surface area contributed by atoms with Gasteiger partial charge < -0.3 is 28.4 Å². The molecule has 0 saturated carbocycles. The van der Waals surface area contributed by atoms with E-state index in [2.05, 4.69) is 19.2 Å². The van der Waals surface area contributed by atoms with Gasteiger partial charge in [-0.25, -0.2) is 0 Å². The van der Waals surface area contributed by atoms with Gasteiger partial charge in [0.05, 0.1) is 44.2 Å². The third-order valence-electron chi connectivity index (χ3n) is 3.52. The molecule has 0 heterocycles. The molecule has 0 aliphatic rings. The Hall–Kier alpha value is -0.300. The largest absolute Gasteiger partial charge is 0.378 e. The molecule has 0 aromatic carbocycles. The van der Waals surface area contributed by atoms with Crippen LogP contribution in [0.15, 0.2) is 0 Å². The van der Waals surface area contributed by atoms with Crippen molar-refractivity contribution < 1.29 is 27.8 Å². The topological polar surface area (TPSA) is 75.3 Å². The zero-order chi connectivity index (χ0) is 22.7. The summed E-state index contributed by atoms with van der Waals surface area (Å²) in [5.41, 5.74) is -0.629. The predicted octanol–water partition coefficient (Wildman–Crippen LogP) is 4.69. The molecule has 0 fully saturated rings. The van der Waals surface area contributed by atoms with Crippen LogP contribution in [-0.2, 0) is 27.8 Å². The van der Waals surface area contributed by atoms with E-state index in [-0.39, 0.29) is 29.4 Å². The van der Waals surface area contributed by atoms with Gasteiger partial charge in [-0.3, -0.25) is 4.79 Å². The van der Waals surface area contributed by atoms with Crippen molar-refractivity contribution in [2.24, 2.45) is 11.3 Å². The highest BCUT2D eigenvalue weighted by atomic mass is 31.2. The van der Waals surface area contributed by atoms with Crippen LogP contribution in [0.25, 0.3) is 0 Å². The summed E-state index contributed by atoms with van der Waals surface area (Å²) in [5, 5.41) is 2.85. The maximum atomic E-state index is 11.6. The molecular weight excluding hydrogens is 393 g/mol. The first kappa shape index (κ1) is 28.7. The van der Waals surface area contributed by atoms with Crippen molar-refractivity contribution in [1.29, 1.82) is 0 Å². The summed E-state index contributed by atoms with van der Waals surface area (Å²) in [6.45, 7) is 22.1. The molecule has 174 valence electrons. The standard InChI is InChI=1S/C21H44NO6P/c1-16(2)19(23)22-11-12-25-21(9,10)15-24-13-20(7,8)14-26-29(27-17(3)4)28-18(5)6/h16-18H,11-15H2,1-10H3,(H,22,23). The Bertz CT molecular complexity index is 444. The highest BCUT2D eigenvalue weighted by Gasteiger charge is 2.26. The van der Waals surface area contributed by atoms with E-state index in [0.717, 1.165) is 0 Å². The molecule has 0 saturated heterocycles. The summed E-state index contributed by atoms with van der Waals surface area (Å²) in [5.74, 6) is 0.0148. The SMILES string of the molecule is CC(C)OP(OCC(C)(C)COCC(C)(C)OCCNC(=O)C(C)C)OC(C)C. The number of ether oxygens (including phenoxy) is 2. The number of nitrogens with one attached hydrogen (secondary N) is 1. The maximum absolute atomic E-state index is 11.6. The van der Waals surface area contributed by atoms with Gasteiger partial charge in [0.2, 0.25) is 5.91 Å². The normalized spacial score (nSPS) is 13.2. The Labute approximate surface area is 179 Å². The molecule has 1 N–H and O–H groups in total. The van der Waals surface area contributed by atoms with Gasteiger partial charge in [-0.05, 0) is 41.5 Å². The van der Waals surface area contributed by atoms with E-state index in [9.17, 15) is 4.79 Å². The van der Waals surface area contributed by atoms with Crippen LogP contribution in [0.5, 0.6) is 0 Å². The molecule has 0 aliphatic carbocycles. The number of carbonyl (C=O) groups excluding carboxylic acids is 1. The fourth-order valence-electron chi connectivity index (χ4n) is 2.02. The molecule has 0 radical (unpaired) electrons. The summed E-state index contributed by atoms with van der Waals surface area (Å²) in [6.07, 6.45) is 0.0879. The Morgan fingerprint density at radius 1 is 0.897 bits per heavy atom. The second-order valence-electron chi connectivity index (χ2n) is 9.52. The van der Waals surface area contributed by atoms with Gasteiger partial charge in [-0.1, -0.05) is 27.7 Å². The van der Waals surface area contributed by atoms with Gasteiger partial charge in [0.1, 0.15) is 0 Å². The second kappa shape index (κ2) is 13.9. The lowest BCUT2D eigenvalue weighted by Gasteiger charge is -2.30. The summed E-state index contributed by atoms with van der Waals surface area (Å²) in [7, 11) is -1.38. The van der Waals surface area contributed by atoms with Gasteiger partial charge in [0, 0.05) is 17.9 Å². The minimum atomic E-state index is -1.38. The minimum absolute atomic E-state index is 0.0197. The van der Waals surface area contributed by atoms with Crippen LogP contribution in [0.1, 0.15) is 69.2 Å². The van der Waals surface area contributed by atoms with E-state index >= 15 is 0 Å². The predicted molar refractivity (Wildman–Crippen MR) is 118 cm³/mol. The first-order chi connectivity index (χ1) is 13.2. The van der Waals surface area contributed by atoms with Crippen LogP contribution in [0.4, 0.5) is 0 Å². The third kappa shape index (κ3) is 16.1. The molecule has 0 unspecified atom stereocenters. The molecule has 0 bridgehead atoms. The zero-order valence-corrected chi connectivity index (χ0v) is 21.1. The first-order valence-electron chi connectivity index (χ1n) is 10.5. The fraction of sp³-hybridized carbons (Fsp3) is 0.952. The van der Waals surface area contributed by atoms with Crippen LogP contribution < -0.4 is 5.32 Å². The number of rotatable bonds is 16. The quantitative estimate of drug-likeness (QED) is 0.279. The van der Waals surface area contributed by atoms with Gasteiger partial charge in [0.25, 0.3) is 0 Å². The lowest BCUT2D eigenvalue weighted by atomic mass is 9.96. The molecule has 0 aromatic heterocycles. The Balaban J connectivity index is 4.24. The Morgan fingerprint density at radius 3 is 1.93 bits per heavy atom. The van der Waals surface area contributed by atoms with Crippen molar-refractivity contribution in [3.05, 3.63) is 0 Å². The molecule has 1 amide bonds. The Morgan fingerprint density at radius 2 is 1.45 bits per heavy atom. The minimum Gasteiger partial charge on any atom is -0.378 e. The van der Waals surface area contributed by atoms with Crippen molar-refractivity contribution >= 4 is 14.5 Å². The average molecular weight is 438 g/mol. The summed E-state index contributed by atoms with van der Waals surface area (Å²) < 4.78 is 29.1. The molecule has 7 nitrogen and oxygen atoms in total. The molecule has 0 aliphatic heterocycles. The van der Waals surface area contributed by atoms with Gasteiger partial charge in [-0.15, -0.1) is 0 Å². The number of hydrogen-bond acceptors (Lipinski definition) is 6. The van der Waals surface area contributed by atoms with Crippen molar-refractivity contribution in [3.8, 4) is 0 Å². The van der Waals surface area contributed by atoms with E-state index in [1.165, 1.54) is 0 Å². The van der Waals surface area contributed by atoms with Gasteiger partial charge >= 0.3 is 8.60 Å². The molecular formula is C21H44NO6P. The molecule has 0 aromatic rings. The number of amides is 1. The van der Waals surface area contributed by atoms with Crippen LogP contribution in [-0.4, -0.2) is 56.7 Å². The van der Waals surface area contributed by atoms with E-state index < -0.39 is 14.2 Å². The summed E-state index contributed by atoms with van der Waals surface area (Å²) >= 11 is 0. The molecule has 0 atom stereocenters. The van der Waals surface area contributed by atoms with Crippen molar-refractivity contribution in [2.75, 3.05) is 33.0 Å². The molecule has 0 spiro atoms. The fourth-order valence-corrected chi connectivity index (χ4v) is 3.33. The van der Waals surface area contributed by atoms with Crippen LogP contribution in [0.3, 0.4) is 0 Å². The van der Waals surface area contributed by atoms with E-state index in [1.54, 1.807) is 0 Å². The summed E-state index contributed by atoms with van der Waals surface area (Å²) in [4.78, 5) is 11.6. The molecule has 8 heteroatoms. The van der Waals surface area contributed by atoms with Crippen LogP contribution in [0, 0.1) is 11.3 Å². The van der Waals surface area contributed by atoms with Crippen LogP contribution in [0.2, 0.25) is 0 Å². The third-order valence-corrected chi connectivity index (χ3v) is 5.04. The van der Waals surface area contributed by atoms with Crippen LogP contribution >= 0.6 is 8.60 Å². The number of hydrogen-bond donors (Lipinski definition) is 1. The average Bonchev–Trinajstić information content (AvgIpc) is 2.55. The monoisotopic (exact) mass is 437 g/mol. The number of carbonyl (C=O) groups is 1. The second-order valence-corrected chi connectivity index (χ2v) is 10.6. The first-order valence-corrected chi connectivity index (χ1v) is 11.6. The van der Waals surface area contributed by atoms with E-state index in [4.69, 9.17) is 23.0 Å². The van der Waals surface area contributed by atoms with E-state index in [1.807, 2.05) is 55.4 Å². The molecule has 0 rings (SSSR count). The summed E-state index contributed by atoms with van der Waals surface area (Å²) in [6, 6.07) is 0. The van der Waals surface area contributed by atoms with Gasteiger partial charge in [0.15, 0.2) is 0 Å². The van der Waals surface area contributed by atoms with Crippen molar-refractivity contribution in [2.45, 2.75) is 87.0 Å². The molecule has 29 heavy (non-hydrogen) atoms.